The number of benzene rings is 1. The van der Waals surface area contributed by atoms with Gasteiger partial charge in [0, 0.05) is 35.8 Å². The number of amides is 2. The van der Waals surface area contributed by atoms with Gasteiger partial charge >= 0.3 is 0 Å². The average molecular weight is 366 g/mol. The Labute approximate surface area is 159 Å². The van der Waals surface area contributed by atoms with Crippen molar-refractivity contribution in [1.82, 2.24) is 4.98 Å². The zero-order chi connectivity index (χ0) is 19.1. The van der Waals surface area contributed by atoms with E-state index in [-0.39, 0.29) is 17.2 Å². The first-order valence-corrected chi connectivity index (χ1v) is 9.42. The lowest BCUT2D eigenvalue weighted by atomic mass is 9.71. The van der Waals surface area contributed by atoms with E-state index < -0.39 is 0 Å². The predicted molar refractivity (Wildman–Crippen MR) is 106 cm³/mol. The van der Waals surface area contributed by atoms with E-state index in [0.29, 0.717) is 29.9 Å². The van der Waals surface area contributed by atoms with Gasteiger partial charge in [-0.1, -0.05) is 25.3 Å². The second-order valence-electron chi connectivity index (χ2n) is 7.26. The lowest BCUT2D eigenvalue weighted by molar-refractivity contribution is -0.118. The maximum atomic E-state index is 12.5. The van der Waals surface area contributed by atoms with Crippen molar-refractivity contribution in [2.24, 2.45) is 11.1 Å². The molecule has 0 aliphatic heterocycles. The molecule has 1 saturated carbocycles. The molecule has 1 aromatic carbocycles. The molecular formula is C21H26N4O2. The molecule has 27 heavy (non-hydrogen) atoms. The van der Waals surface area contributed by atoms with E-state index in [0.717, 1.165) is 25.7 Å². The molecule has 1 aliphatic carbocycles. The molecule has 2 amide bonds. The van der Waals surface area contributed by atoms with Gasteiger partial charge < -0.3 is 16.4 Å². The van der Waals surface area contributed by atoms with Crippen LogP contribution >= 0.6 is 0 Å². The van der Waals surface area contributed by atoms with Crippen molar-refractivity contribution >= 4 is 23.2 Å². The Bertz CT molecular complexity index is 786. The van der Waals surface area contributed by atoms with E-state index in [9.17, 15) is 9.59 Å². The summed E-state index contributed by atoms with van der Waals surface area (Å²) in [6.45, 7) is 0.544. The SMILES string of the molecule is NCC1(CC(=O)Nc2cccc(NC(=O)c3ccncc3)c2)CCCCC1. The number of hydrogen-bond donors (Lipinski definition) is 3. The number of aromatic nitrogens is 1. The van der Waals surface area contributed by atoms with E-state index in [4.69, 9.17) is 5.73 Å². The molecule has 0 bridgehead atoms. The quantitative estimate of drug-likeness (QED) is 0.728. The molecule has 0 saturated heterocycles. The summed E-state index contributed by atoms with van der Waals surface area (Å²) in [6.07, 6.45) is 9.12. The summed E-state index contributed by atoms with van der Waals surface area (Å²) >= 11 is 0. The largest absolute Gasteiger partial charge is 0.330 e. The number of pyridine rings is 1. The van der Waals surface area contributed by atoms with Gasteiger partial charge in [0.05, 0.1) is 0 Å². The van der Waals surface area contributed by atoms with Crippen LogP contribution in [-0.2, 0) is 4.79 Å². The van der Waals surface area contributed by atoms with Gasteiger partial charge in [0.1, 0.15) is 0 Å². The Balaban J connectivity index is 1.61. The molecule has 0 radical (unpaired) electrons. The summed E-state index contributed by atoms with van der Waals surface area (Å²) in [5.41, 5.74) is 7.73. The molecule has 6 nitrogen and oxygen atoms in total. The van der Waals surface area contributed by atoms with Crippen LogP contribution in [0.25, 0.3) is 0 Å². The third-order valence-electron chi connectivity index (χ3n) is 5.23. The van der Waals surface area contributed by atoms with Crippen molar-refractivity contribution in [1.29, 1.82) is 0 Å². The van der Waals surface area contributed by atoms with Gasteiger partial charge in [-0.05, 0) is 55.1 Å². The first-order chi connectivity index (χ1) is 13.1. The van der Waals surface area contributed by atoms with E-state index in [1.165, 1.54) is 6.42 Å². The molecule has 1 heterocycles. The van der Waals surface area contributed by atoms with Crippen LogP contribution < -0.4 is 16.4 Å². The molecule has 1 fully saturated rings. The van der Waals surface area contributed by atoms with Gasteiger partial charge in [0.2, 0.25) is 5.91 Å². The fourth-order valence-corrected chi connectivity index (χ4v) is 3.68. The van der Waals surface area contributed by atoms with Crippen LogP contribution in [0.2, 0.25) is 0 Å². The lowest BCUT2D eigenvalue weighted by Gasteiger charge is -2.35. The Morgan fingerprint density at radius 2 is 1.67 bits per heavy atom. The predicted octanol–water partition coefficient (Wildman–Crippen LogP) is 3.57. The molecule has 0 unspecified atom stereocenters. The molecule has 0 spiro atoms. The Morgan fingerprint density at radius 3 is 2.33 bits per heavy atom. The van der Waals surface area contributed by atoms with Crippen molar-refractivity contribution in [3.05, 3.63) is 54.4 Å². The summed E-state index contributed by atoms with van der Waals surface area (Å²) in [6, 6.07) is 10.5. The number of rotatable bonds is 6. The van der Waals surface area contributed by atoms with Crippen LogP contribution in [0.5, 0.6) is 0 Å². The van der Waals surface area contributed by atoms with Crippen molar-refractivity contribution in [2.75, 3.05) is 17.2 Å². The van der Waals surface area contributed by atoms with Crippen molar-refractivity contribution < 1.29 is 9.59 Å². The molecule has 2 aromatic rings. The Morgan fingerprint density at radius 1 is 1.00 bits per heavy atom. The normalized spacial score (nSPS) is 15.7. The number of hydrogen-bond acceptors (Lipinski definition) is 4. The zero-order valence-corrected chi connectivity index (χ0v) is 15.4. The maximum absolute atomic E-state index is 12.5. The van der Waals surface area contributed by atoms with Gasteiger partial charge in [0.15, 0.2) is 0 Å². The van der Waals surface area contributed by atoms with E-state index in [1.54, 1.807) is 42.7 Å². The van der Waals surface area contributed by atoms with E-state index >= 15 is 0 Å². The van der Waals surface area contributed by atoms with Crippen LogP contribution in [0.4, 0.5) is 11.4 Å². The molecule has 6 heteroatoms. The lowest BCUT2D eigenvalue weighted by Crippen LogP contribution is -2.36. The number of anilines is 2. The van der Waals surface area contributed by atoms with Crippen LogP contribution in [0.1, 0.15) is 48.9 Å². The van der Waals surface area contributed by atoms with Crippen LogP contribution in [-0.4, -0.2) is 23.3 Å². The Hall–Kier alpha value is -2.73. The topological polar surface area (TPSA) is 97.1 Å². The van der Waals surface area contributed by atoms with Crippen molar-refractivity contribution in [3.63, 3.8) is 0 Å². The fourth-order valence-electron chi connectivity index (χ4n) is 3.68. The minimum atomic E-state index is -0.217. The monoisotopic (exact) mass is 366 g/mol. The van der Waals surface area contributed by atoms with Crippen molar-refractivity contribution in [3.8, 4) is 0 Å². The highest BCUT2D eigenvalue weighted by Gasteiger charge is 2.32. The summed E-state index contributed by atoms with van der Waals surface area (Å²) in [5.74, 6) is -0.245. The summed E-state index contributed by atoms with van der Waals surface area (Å²) < 4.78 is 0. The van der Waals surface area contributed by atoms with Gasteiger partial charge in [-0.25, -0.2) is 0 Å². The number of nitrogens with one attached hydrogen (secondary N) is 2. The third kappa shape index (κ3) is 5.14. The van der Waals surface area contributed by atoms with E-state index in [2.05, 4.69) is 15.6 Å². The number of nitrogens with zero attached hydrogens (tertiary/aromatic N) is 1. The minimum Gasteiger partial charge on any atom is -0.330 e. The van der Waals surface area contributed by atoms with Crippen LogP contribution in [0, 0.1) is 5.41 Å². The van der Waals surface area contributed by atoms with Crippen LogP contribution in [0.3, 0.4) is 0 Å². The highest BCUT2D eigenvalue weighted by atomic mass is 16.2. The zero-order valence-electron chi connectivity index (χ0n) is 15.4. The van der Waals surface area contributed by atoms with E-state index in [1.807, 2.05) is 6.07 Å². The molecule has 1 aromatic heterocycles. The van der Waals surface area contributed by atoms with Gasteiger partial charge in [-0.3, -0.25) is 14.6 Å². The number of carbonyl (C=O) groups is 2. The third-order valence-corrected chi connectivity index (χ3v) is 5.23. The van der Waals surface area contributed by atoms with Crippen LogP contribution in [0.15, 0.2) is 48.8 Å². The molecule has 4 N–H and O–H groups in total. The summed E-state index contributed by atoms with van der Waals surface area (Å²) in [4.78, 5) is 28.7. The highest BCUT2D eigenvalue weighted by molar-refractivity contribution is 6.04. The molecular weight excluding hydrogens is 340 g/mol. The maximum Gasteiger partial charge on any atom is 0.255 e. The minimum absolute atomic E-state index is 0.0278. The first kappa shape index (κ1) is 19.0. The van der Waals surface area contributed by atoms with Crippen molar-refractivity contribution in [2.45, 2.75) is 38.5 Å². The smallest absolute Gasteiger partial charge is 0.255 e. The second-order valence-corrected chi connectivity index (χ2v) is 7.26. The fraction of sp³-hybridized carbons (Fsp3) is 0.381. The molecule has 3 rings (SSSR count). The highest BCUT2D eigenvalue weighted by Crippen LogP contribution is 2.38. The average Bonchev–Trinajstić information content (AvgIpc) is 2.69. The summed E-state index contributed by atoms with van der Waals surface area (Å²) in [7, 11) is 0. The summed E-state index contributed by atoms with van der Waals surface area (Å²) in [5, 5.41) is 5.78. The van der Waals surface area contributed by atoms with Gasteiger partial charge in [0.25, 0.3) is 5.91 Å². The standard InChI is InChI=1S/C21H26N4O2/c22-15-21(9-2-1-3-10-21)14-19(26)24-17-5-4-6-18(13-17)25-20(27)16-7-11-23-12-8-16/h4-8,11-13H,1-3,9-10,14-15,22H2,(H,24,26)(H,25,27). The molecule has 0 atom stereocenters. The first-order valence-electron chi connectivity index (χ1n) is 9.42. The Kier molecular flexibility index (Phi) is 6.19. The van der Waals surface area contributed by atoms with Gasteiger partial charge in [-0.15, -0.1) is 0 Å². The molecule has 1 aliphatic rings. The number of carbonyl (C=O) groups excluding carboxylic acids is 2. The number of nitrogens with two attached hydrogens (primary N) is 1. The van der Waals surface area contributed by atoms with Gasteiger partial charge in [-0.2, -0.15) is 0 Å². The molecule has 142 valence electrons. The second kappa shape index (κ2) is 8.77.